The fourth-order valence-corrected chi connectivity index (χ4v) is 2.61. The van der Waals surface area contributed by atoms with Gasteiger partial charge in [-0.05, 0) is 0 Å². The van der Waals surface area contributed by atoms with Gasteiger partial charge in [0.1, 0.15) is 4.34 Å². The van der Waals surface area contributed by atoms with Crippen LogP contribution < -0.4 is 5.14 Å². The molecule has 0 atom stereocenters. The van der Waals surface area contributed by atoms with Crippen molar-refractivity contribution in [3.8, 4) is 0 Å². The maximum Gasteiger partial charge on any atom is 0.255 e. The van der Waals surface area contributed by atoms with Gasteiger partial charge >= 0.3 is 0 Å². The summed E-state index contributed by atoms with van der Waals surface area (Å²) in [4.78, 5) is 4.35. The van der Waals surface area contributed by atoms with Crippen LogP contribution in [-0.4, -0.2) is 17.8 Å². The molecular formula is C5H4ClN3O2S2. The van der Waals surface area contributed by atoms with Crippen LogP contribution in [0.5, 0.6) is 0 Å². The van der Waals surface area contributed by atoms with Gasteiger partial charge in [0.05, 0.1) is 6.20 Å². The number of nitrogens with two attached hydrogens (primary N) is 1. The third-order valence-corrected chi connectivity index (χ3v) is 3.44. The summed E-state index contributed by atoms with van der Waals surface area (Å²) in [6.45, 7) is 0. The summed E-state index contributed by atoms with van der Waals surface area (Å²) in [6, 6.07) is 0. The van der Waals surface area contributed by atoms with Gasteiger partial charge in [-0.25, -0.2) is 18.5 Å². The molecule has 2 N–H and O–H groups in total. The number of nitrogens with zero attached hydrogens (tertiary/aromatic N) is 2. The summed E-state index contributed by atoms with van der Waals surface area (Å²) >= 11 is 6.85. The van der Waals surface area contributed by atoms with Crippen molar-refractivity contribution in [2.24, 2.45) is 5.14 Å². The van der Waals surface area contributed by atoms with Crippen molar-refractivity contribution in [1.82, 2.24) is 9.38 Å². The van der Waals surface area contributed by atoms with Crippen LogP contribution >= 0.6 is 22.9 Å². The van der Waals surface area contributed by atoms with Gasteiger partial charge in [0, 0.05) is 6.20 Å². The minimum absolute atomic E-state index is 0.0503. The number of hydrogen-bond donors (Lipinski definition) is 1. The lowest BCUT2D eigenvalue weighted by atomic mass is 10.9. The summed E-state index contributed by atoms with van der Waals surface area (Å²) in [5.41, 5.74) is 0. The van der Waals surface area contributed by atoms with Crippen LogP contribution in [0.4, 0.5) is 0 Å². The molecule has 70 valence electrons. The van der Waals surface area contributed by atoms with Crippen molar-refractivity contribution in [1.29, 1.82) is 0 Å². The van der Waals surface area contributed by atoms with Crippen LogP contribution in [0.15, 0.2) is 17.4 Å². The number of sulfonamides is 1. The van der Waals surface area contributed by atoms with Crippen molar-refractivity contribution >= 4 is 37.9 Å². The monoisotopic (exact) mass is 237 g/mol. The Kier molecular flexibility index (Phi) is 1.84. The van der Waals surface area contributed by atoms with Gasteiger partial charge in [-0.1, -0.05) is 22.9 Å². The maximum atomic E-state index is 11.0. The van der Waals surface area contributed by atoms with Gasteiger partial charge in [0.2, 0.25) is 0 Å². The molecule has 2 aromatic rings. The van der Waals surface area contributed by atoms with Crippen LogP contribution in [0.1, 0.15) is 0 Å². The molecule has 0 bridgehead atoms. The minimum atomic E-state index is -3.72. The minimum Gasteiger partial charge on any atom is -0.278 e. The second-order valence-electron chi connectivity index (χ2n) is 2.33. The number of halogens is 1. The molecule has 5 nitrogen and oxygen atoms in total. The van der Waals surface area contributed by atoms with Crippen molar-refractivity contribution in [3.63, 3.8) is 0 Å². The Morgan fingerprint density at radius 3 is 2.92 bits per heavy atom. The molecule has 13 heavy (non-hydrogen) atoms. The predicted octanol–water partition coefficient (Wildman–Crippen LogP) is 0.697. The highest BCUT2D eigenvalue weighted by atomic mass is 35.5. The van der Waals surface area contributed by atoms with E-state index in [2.05, 4.69) is 4.98 Å². The molecule has 0 saturated carbocycles. The quantitative estimate of drug-likeness (QED) is 0.793. The van der Waals surface area contributed by atoms with Gasteiger partial charge in [-0.15, -0.1) is 0 Å². The largest absolute Gasteiger partial charge is 0.278 e. The van der Waals surface area contributed by atoms with Crippen molar-refractivity contribution in [2.45, 2.75) is 5.03 Å². The molecule has 0 aromatic carbocycles. The van der Waals surface area contributed by atoms with Gasteiger partial charge in [-0.3, -0.25) is 4.40 Å². The Bertz CT molecular complexity index is 555. The molecule has 0 amide bonds. The molecule has 2 rings (SSSR count). The van der Waals surface area contributed by atoms with E-state index in [0.717, 1.165) is 0 Å². The highest BCUT2D eigenvalue weighted by Gasteiger charge is 2.15. The first kappa shape index (κ1) is 8.95. The van der Waals surface area contributed by atoms with Crippen LogP contribution in [0.2, 0.25) is 4.34 Å². The van der Waals surface area contributed by atoms with E-state index in [1.54, 1.807) is 0 Å². The van der Waals surface area contributed by atoms with E-state index in [1.165, 1.54) is 28.1 Å². The fourth-order valence-electron chi connectivity index (χ4n) is 0.949. The lowest BCUT2D eigenvalue weighted by molar-refractivity contribution is 0.593. The Balaban J connectivity index is 2.84. The predicted molar refractivity (Wildman–Crippen MR) is 49.5 cm³/mol. The molecule has 0 unspecified atom stereocenters. The first-order valence-electron chi connectivity index (χ1n) is 3.13. The fraction of sp³-hybridized carbons (Fsp3) is 0. The third-order valence-electron chi connectivity index (χ3n) is 1.44. The molecule has 0 aliphatic rings. The molecule has 0 saturated heterocycles. The number of primary sulfonamides is 1. The van der Waals surface area contributed by atoms with Crippen LogP contribution in [-0.2, 0) is 10.0 Å². The zero-order valence-corrected chi connectivity index (χ0v) is 8.53. The average molecular weight is 238 g/mol. The number of rotatable bonds is 1. The lowest BCUT2D eigenvalue weighted by Crippen LogP contribution is -2.13. The van der Waals surface area contributed by atoms with Gasteiger partial charge < -0.3 is 0 Å². The highest BCUT2D eigenvalue weighted by Crippen LogP contribution is 2.24. The molecule has 0 aliphatic carbocycles. The first-order valence-corrected chi connectivity index (χ1v) is 5.88. The summed E-state index contributed by atoms with van der Waals surface area (Å²) in [6.07, 6.45) is 2.67. The second-order valence-corrected chi connectivity index (χ2v) is 5.48. The molecule has 0 radical (unpaired) electrons. The molecule has 0 aliphatic heterocycles. The average Bonchev–Trinajstić information content (AvgIpc) is 2.41. The van der Waals surface area contributed by atoms with Gasteiger partial charge in [0.25, 0.3) is 10.0 Å². The third kappa shape index (κ3) is 1.44. The molecular weight excluding hydrogens is 234 g/mol. The standard InChI is InChI=1S/C5H4ClN3O2S2/c6-3-2-9-4(13(7,10)11)1-8-5(9)12-3/h1-2H,(H2,7,10,11). The van der Waals surface area contributed by atoms with Crippen molar-refractivity contribution in [3.05, 3.63) is 16.7 Å². The number of thiazole rings is 1. The molecule has 2 heterocycles. The Labute approximate surface area is 82.8 Å². The topological polar surface area (TPSA) is 77.5 Å². The zero-order valence-electron chi connectivity index (χ0n) is 6.14. The van der Waals surface area contributed by atoms with E-state index in [0.29, 0.717) is 9.30 Å². The highest BCUT2D eigenvalue weighted by molar-refractivity contribution is 7.89. The Morgan fingerprint density at radius 1 is 1.62 bits per heavy atom. The Morgan fingerprint density at radius 2 is 2.31 bits per heavy atom. The maximum absolute atomic E-state index is 11.0. The summed E-state index contributed by atoms with van der Waals surface area (Å²) in [7, 11) is -3.72. The molecule has 0 spiro atoms. The molecule has 0 fully saturated rings. The number of aromatic nitrogens is 2. The van der Waals surface area contributed by atoms with Gasteiger partial charge in [0.15, 0.2) is 9.99 Å². The summed E-state index contributed by atoms with van der Waals surface area (Å²) < 4.78 is 23.8. The molecule has 2 aromatic heterocycles. The van der Waals surface area contributed by atoms with E-state index in [9.17, 15) is 8.42 Å². The number of hydrogen-bond acceptors (Lipinski definition) is 4. The van der Waals surface area contributed by atoms with E-state index in [1.807, 2.05) is 0 Å². The van der Waals surface area contributed by atoms with E-state index >= 15 is 0 Å². The van der Waals surface area contributed by atoms with E-state index in [-0.39, 0.29) is 5.03 Å². The van der Waals surface area contributed by atoms with Crippen LogP contribution in [0, 0.1) is 0 Å². The molecule has 8 heteroatoms. The van der Waals surface area contributed by atoms with Crippen LogP contribution in [0.3, 0.4) is 0 Å². The van der Waals surface area contributed by atoms with E-state index < -0.39 is 10.0 Å². The summed E-state index contributed by atoms with van der Waals surface area (Å²) in [5.74, 6) is 0. The second kappa shape index (κ2) is 2.68. The van der Waals surface area contributed by atoms with Crippen molar-refractivity contribution < 1.29 is 8.42 Å². The zero-order chi connectivity index (χ0) is 9.64. The lowest BCUT2D eigenvalue weighted by Gasteiger charge is -1.92. The number of fused-ring (bicyclic) bond motifs is 1. The summed E-state index contributed by atoms with van der Waals surface area (Å²) in [5, 5.41) is 4.90. The van der Waals surface area contributed by atoms with E-state index in [4.69, 9.17) is 16.7 Å². The van der Waals surface area contributed by atoms with Crippen molar-refractivity contribution in [2.75, 3.05) is 0 Å². The normalized spacial score (nSPS) is 12.5. The smallest absolute Gasteiger partial charge is 0.255 e. The SMILES string of the molecule is NS(=O)(=O)c1cnc2sc(Cl)cn12. The number of imidazole rings is 1. The first-order chi connectivity index (χ1) is 5.98. The van der Waals surface area contributed by atoms with Gasteiger partial charge in [-0.2, -0.15) is 0 Å². The van der Waals surface area contributed by atoms with Crippen LogP contribution in [0.25, 0.3) is 4.96 Å². The Hall–Kier alpha value is -0.630.